The summed E-state index contributed by atoms with van der Waals surface area (Å²) >= 11 is 0. The van der Waals surface area contributed by atoms with E-state index in [1.165, 1.54) is 0 Å². The minimum Gasteiger partial charge on any atom is -0.374 e. The van der Waals surface area contributed by atoms with Gasteiger partial charge in [0, 0.05) is 32.4 Å². The first kappa shape index (κ1) is 29.7. The van der Waals surface area contributed by atoms with Crippen LogP contribution in [0.1, 0.15) is 46.7 Å². The molecule has 0 aliphatic rings. The topological polar surface area (TPSA) is 135 Å². The monoisotopic (exact) mass is 509 g/mol. The van der Waals surface area contributed by atoms with E-state index in [-0.39, 0.29) is 18.7 Å². The van der Waals surface area contributed by atoms with Gasteiger partial charge in [-0.1, -0.05) is 5.21 Å². The molecule has 0 atom stereocenters. The summed E-state index contributed by atoms with van der Waals surface area (Å²) < 4.78 is 42.0. The van der Waals surface area contributed by atoms with Gasteiger partial charge in [0.1, 0.15) is 5.69 Å². The lowest BCUT2D eigenvalue weighted by Crippen LogP contribution is -2.46. The zero-order chi connectivity index (χ0) is 24.6. The number of carbonyl (C=O) groups is 1. The molecule has 0 aliphatic heterocycles. The zero-order valence-corrected chi connectivity index (χ0v) is 22.4. The molecule has 1 aromatic heterocycles. The molecule has 0 fully saturated rings. The van der Waals surface area contributed by atoms with Crippen LogP contribution in [0.25, 0.3) is 0 Å². The van der Waals surface area contributed by atoms with E-state index in [0.29, 0.717) is 64.3 Å². The molecule has 1 aromatic rings. The SMILES string of the molecule is CCO[Si](CCCNC(=O)NCc1cn(CCP(=O)(OCC)OCC)nn1)(OCC)OCC. The standard InChI is InChI=1S/C19H40N5O7PSi/c1-6-27-32(26,28-7-2)14-13-24-17-18(22-23-24)16-21-19(25)20-12-11-15-33(29-8-3,30-9-4)31-10-5/h17H,6-16H2,1-5H3,(H2,20,21,25). The summed E-state index contributed by atoms with van der Waals surface area (Å²) in [5.74, 6) is 0. The second-order valence-corrected chi connectivity index (χ2v) is 11.8. The van der Waals surface area contributed by atoms with Gasteiger partial charge >= 0.3 is 22.4 Å². The van der Waals surface area contributed by atoms with E-state index in [2.05, 4.69) is 20.9 Å². The van der Waals surface area contributed by atoms with Crippen molar-refractivity contribution in [3.63, 3.8) is 0 Å². The van der Waals surface area contributed by atoms with Crippen molar-refractivity contribution in [1.82, 2.24) is 25.6 Å². The second-order valence-electron chi connectivity index (χ2n) is 6.84. The average Bonchev–Trinajstić information content (AvgIpc) is 3.23. The second kappa shape index (κ2) is 16.3. The van der Waals surface area contributed by atoms with E-state index in [9.17, 15) is 9.36 Å². The van der Waals surface area contributed by atoms with Gasteiger partial charge < -0.3 is 33.0 Å². The van der Waals surface area contributed by atoms with E-state index in [1.54, 1.807) is 24.7 Å². The van der Waals surface area contributed by atoms with Crippen molar-refractivity contribution in [1.29, 1.82) is 0 Å². The summed E-state index contributed by atoms with van der Waals surface area (Å²) in [7, 11) is -5.84. The molecule has 0 spiro atoms. The normalized spacial score (nSPS) is 12.2. The molecule has 2 N–H and O–H groups in total. The van der Waals surface area contributed by atoms with Crippen LogP contribution in [0.15, 0.2) is 6.20 Å². The summed E-state index contributed by atoms with van der Waals surface area (Å²) in [6.07, 6.45) is 2.56. The number of aromatic nitrogens is 3. The van der Waals surface area contributed by atoms with Gasteiger partial charge in [0.15, 0.2) is 0 Å². The number of nitrogens with one attached hydrogen (secondary N) is 2. The van der Waals surface area contributed by atoms with Gasteiger partial charge in [-0.2, -0.15) is 0 Å². The minimum absolute atomic E-state index is 0.196. The van der Waals surface area contributed by atoms with E-state index in [1.807, 2.05) is 20.8 Å². The molecular formula is C19H40N5O7PSi. The van der Waals surface area contributed by atoms with Crippen LogP contribution in [0.3, 0.4) is 0 Å². The highest BCUT2D eigenvalue weighted by atomic mass is 31.2. The molecule has 0 saturated carbocycles. The van der Waals surface area contributed by atoms with Gasteiger partial charge in [-0.25, -0.2) is 4.79 Å². The number of carbonyl (C=O) groups excluding carboxylic acids is 1. The van der Waals surface area contributed by atoms with Crippen molar-refractivity contribution in [2.75, 3.05) is 45.7 Å². The summed E-state index contributed by atoms with van der Waals surface area (Å²) in [4.78, 5) is 12.1. The summed E-state index contributed by atoms with van der Waals surface area (Å²) in [5.41, 5.74) is 0.586. The van der Waals surface area contributed by atoms with Crippen LogP contribution in [0.5, 0.6) is 0 Å². The maximum Gasteiger partial charge on any atom is 0.500 e. The van der Waals surface area contributed by atoms with Crippen molar-refractivity contribution in [2.45, 2.75) is 60.2 Å². The number of rotatable bonds is 19. The van der Waals surface area contributed by atoms with E-state index >= 15 is 0 Å². The first-order valence-electron chi connectivity index (χ1n) is 11.6. The quantitative estimate of drug-likeness (QED) is 0.164. The first-order chi connectivity index (χ1) is 15.9. The maximum absolute atomic E-state index is 12.5. The highest BCUT2D eigenvalue weighted by Crippen LogP contribution is 2.47. The van der Waals surface area contributed by atoms with Crippen LogP contribution in [0.4, 0.5) is 4.79 Å². The van der Waals surface area contributed by atoms with Gasteiger partial charge in [-0.15, -0.1) is 5.10 Å². The van der Waals surface area contributed by atoms with Gasteiger partial charge in [-0.05, 0) is 41.0 Å². The molecule has 12 nitrogen and oxygen atoms in total. The largest absolute Gasteiger partial charge is 0.500 e. The number of urea groups is 1. The summed E-state index contributed by atoms with van der Waals surface area (Å²) in [6.45, 7) is 12.5. The van der Waals surface area contributed by atoms with Gasteiger partial charge in [0.2, 0.25) is 0 Å². The Morgan fingerprint density at radius 3 is 2.15 bits per heavy atom. The number of amides is 2. The summed E-state index contributed by atoms with van der Waals surface area (Å²) in [5, 5.41) is 13.6. The Bertz CT molecular complexity index is 697. The van der Waals surface area contributed by atoms with Crippen LogP contribution in [-0.4, -0.2) is 75.6 Å². The van der Waals surface area contributed by atoms with E-state index in [0.717, 1.165) is 0 Å². The molecule has 1 heterocycles. The first-order valence-corrected chi connectivity index (χ1v) is 15.2. The Balaban J connectivity index is 2.39. The van der Waals surface area contributed by atoms with Crippen molar-refractivity contribution in [2.24, 2.45) is 0 Å². The lowest BCUT2D eigenvalue weighted by atomic mass is 10.4. The van der Waals surface area contributed by atoms with Crippen molar-refractivity contribution in [3.05, 3.63) is 11.9 Å². The number of hydrogen-bond donors (Lipinski definition) is 2. The molecule has 0 radical (unpaired) electrons. The number of hydrogen-bond acceptors (Lipinski definition) is 9. The predicted octanol–water partition coefficient (Wildman–Crippen LogP) is 2.78. The zero-order valence-electron chi connectivity index (χ0n) is 20.5. The molecular weight excluding hydrogens is 469 g/mol. The van der Waals surface area contributed by atoms with Crippen molar-refractivity contribution in [3.8, 4) is 0 Å². The summed E-state index contributed by atoms with van der Waals surface area (Å²) in [6, 6.07) is 0.322. The predicted molar refractivity (Wildman–Crippen MR) is 126 cm³/mol. The van der Waals surface area contributed by atoms with Gasteiger partial charge in [0.05, 0.1) is 38.7 Å². The van der Waals surface area contributed by atoms with Crippen LogP contribution in [0, 0.1) is 0 Å². The molecule has 0 aliphatic carbocycles. The molecule has 0 aromatic carbocycles. The van der Waals surface area contributed by atoms with Crippen molar-refractivity contribution < 1.29 is 31.7 Å². The lowest BCUT2D eigenvalue weighted by Gasteiger charge is -2.28. The Hall–Kier alpha value is -1.34. The fourth-order valence-corrected chi connectivity index (χ4v) is 7.24. The smallest absolute Gasteiger partial charge is 0.374 e. The van der Waals surface area contributed by atoms with Gasteiger partial charge in [0.25, 0.3) is 0 Å². The Morgan fingerprint density at radius 2 is 1.61 bits per heavy atom. The molecule has 33 heavy (non-hydrogen) atoms. The molecule has 1 rings (SSSR count). The van der Waals surface area contributed by atoms with E-state index in [4.69, 9.17) is 22.3 Å². The molecule has 2 amide bonds. The molecule has 192 valence electrons. The Labute approximate surface area is 197 Å². The average molecular weight is 510 g/mol. The van der Waals surface area contributed by atoms with Crippen LogP contribution in [0.2, 0.25) is 6.04 Å². The van der Waals surface area contributed by atoms with E-state index < -0.39 is 16.4 Å². The molecule has 0 saturated heterocycles. The van der Waals surface area contributed by atoms with Crippen LogP contribution >= 0.6 is 7.60 Å². The molecule has 14 heteroatoms. The number of aryl methyl sites for hydroxylation is 1. The third-order valence-corrected chi connectivity index (χ3v) is 9.51. The van der Waals surface area contributed by atoms with Crippen molar-refractivity contribution >= 4 is 22.4 Å². The molecule has 0 unspecified atom stereocenters. The highest BCUT2D eigenvalue weighted by molar-refractivity contribution is 7.53. The van der Waals surface area contributed by atoms with Crippen LogP contribution in [-0.2, 0) is 40.0 Å². The highest BCUT2D eigenvalue weighted by Gasteiger charge is 2.39. The Kier molecular flexibility index (Phi) is 14.7. The third kappa shape index (κ3) is 11.6. The fraction of sp³-hybridized carbons (Fsp3) is 0.842. The molecule has 0 bridgehead atoms. The Morgan fingerprint density at radius 1 is 1.00 bits per heavy atom. The number of nitrogens with zero attached hydrogens (tertiary/aromatic N) is 3. The maximum atomic E-state index is 12.5. The van der Waals surface area contributed by atoms with Gasteiger partial charge in [-0.3, -0.25) is 9.25 Å². The minimum atomic E-state index is -3.14. The third-order valence-electron chi connectivity index (χ3n) is 4.31. The lowest BCUT2D eigenvalue weighted by molar-refractivity contribution is 0.0708. The fourth-order valence-electron chi connectivity index (χ4n) is 3.05. The van der Waals surface area contributed by atoms with Crippen LogP contribution < -0.4 is 10.6 Å².